The van der Waals surface area contributed by atoms with Crippen molar-refractivity contribution in [3.63, 3.8) is 0 Å². The average Bonchev–Trinajstić information content (AvgIpc) is 3.37. The Morgan fingerprint density at radius 1 is 1.23 bits per heavy atom. The highest BCUT2D eigenvalue weighted by Gasteiger charge is 2.32. The van der Waals surface area contributed by atoms with Gasteiger partial charge in [-0.15, -0.1) is 0 Å². The lowest BCUT2D eigenvalue weighted by atomic mass is 10.2. The van der Waals surface area contributed by atoms with Crippen molar-refractivity contribution in [1.82, 2.24) is 9.62 Å². The van der Waals surface area contributed by atoms with Gasteiger partial charge >= 0.3 is 5.97 Å². The molecule has 1 N–H and O–H groups in total. The van der Waals surface area contributed by atoms with Crippen LogP contribution < -0.4 is 10.1 Å². The van der Waals surface area contributed by atoms with Gasteiger partial charge in [-0.2, -0.15) is 4.31 Å². The van der Waals surface area contributed by atoms with Crippen LogP contribution in [-0.4, -0.2) is 76.9 Å². The van der Waals surface area contributed by atoms with Crippen LogP contribution in [0.1, 0.15) is 36.5 Å². The molecule has 2 aliphatic heterocycles. The molecule has 2 heterocycles. The predicted molar refractivity (Wildman–Crippen MR) is 111 cm³/mol. The molecule has 1 aromatic carbocycles. The number of ether oxygens (including phenoxy) is 2. The summed E-state index contributed by atoms with van der Waals surface area (Å²) in [4.78, 5) is 24.7. The van der Waals surface area contributed by atoms with Gasteiger partial charge in [0.15, 0.2) is 15.9 Å². The van der Waals surface area contributed by atoms with Crippen molar-refractivity contribution in [2.24, 2.45) is 0 Å². The van der Waals surface area contributed by atoms with Crippen molar-refractivity contribution < 1.29 is 35.9 Å². The Morgan fingerprint density at radius 3 is 2.48 bits per heavy atom. The van der Waals surface area contributed by atoms with Gasteiger partial charge in [0.2, 0.25) is 10.0 Å². The summed E-state index contributed by atoms with van der Waals surface area (Å²) in [6.45, 7) is 2.16. The van der Waals surface area contributed by atoms with Crippen LogP contribution in [-0.2, 0) is 29.4 Å². The van der Waals surface area contributed by atoms with Crippen LogP contribution in [0.25, 0.3) is 0 Å². The summed E-state index contributed by atoms with van der Waals surface area (Å²) in [6.07, 6.45) is 0.651. The van der Waals surface area contributed by atoms with E-state index in [2.05, 4.69) is 5.32 Å². The van der Waals surface area contributed by atoms with E-state index in [9.17, 15) is 26.4 Å². The fraction of sp³-hybridized carbons (Fsp3) is 0.579. The van der Waals surface area contributed by atoms with E-state index in [1.807, 2.05) is 0 Å². The second kappa shape index (κ2) is 9.13. The Kier molecular flexibility index (Phi) is 6.92. The van der Waals surface area contributed by atoms with Crippen LogP contribution >= 0.6 is 0 Å². The Balaban J connectivity index is 1.72. The number of sulfonamides is 1. The molecule has 1 amide bonds. The molecule has 1 aromatic rings. The third-order valence-corrected chi connectivity index (χ3v) is 9.00. The number of nitrogens with one attached hydrogen (secondary N) is 1. The van der Waals surface area contributed by atoms with Gasteiger partial charge in [0, 0.05) is 19.1 Å². The minimum atomic E-state index is -3.84. The van der Waals surface area contributed by atoms with Crippen molar-refractivity contribution in [1.29, 1.82) is 0 Å². The second-order valence-corrected chi connectivity index (χ2v) is 11.8. The summed E-state index contributed by atoms with van der Waals surface area (Å²) in [6, 6.07) is 3.39. The van der Waals surface area contributed by atoms with Crippen molar-refractivity contribution in [2.45, 2.75) is 43.2 Å². The number of amides is 1. The van der Waals surface area contributed by atoms with E-state index in [0.717, 1.165) is 12.8 Å². The summed E-state index contributed by atoms with van der Waals surface area (Å²) in [5, 5.41) is 2.56. The summed E-state index contributed by atoms with van der Waals surface area (Å²) in [7, 11) is -5.67. The van der Waals surface area contributed by atoms with Crippen LogP contribution in [0.15, 0.2) is 23.1 Å². The molecule has 2 atom stereocenters. The summed E-state index contributed by atoms with van der Waals surface area (Å²) >= 11 is 0. The first kappa shape index (κ1) is 23.5. The molecule has 0 saturated carbocycles. The van der Waals surface area contributed by atoms with E-state index >= 15 is 0 Å². The maximum absolute atomic E-state index is 12.9. The number of nitrogens with zero attached hydrogens (tertiary/aromatic N) is 1. The normalized spacial score (nSPS) is 22.1. The Bertz CT molecular complexity index is 1060. The standard InChI is InChI=1S/C19H26N2O8S2/c1-13(18(22)20-15-7-10-30(24,25)12-15)29-19(23)14-5-6-16(28-2)17(11-14)31(26,27)21-8-3-4-9-21/h5-6,11,13,15H,3-4,7-10,12H2,1-2H3,(H,20,22)/t13-,15+/m0/s1. The van der Waals surface area contributed by atoms with Gasteiger partial charge in [-0.3, -0.25) is 4.79 Å². The van der Waals surface area contributed by atoms with Gasteiger partial charge in [0.05, 0.1) is 24.2 Å². The van der Waals surface area contributed by atoms with Crippen LogP contribution in [0.4, 0.5) is 0 Å². The third-order valence-electron chi connectivity index (χ3n) is 5.31. The van der Waals surface area contributed by atoms with Crippen molar-refractivity contribution in [3.8, 4) is 5.75 Å². The van der Waals surface area contributed by atoms with Gasteiger partial charge in [0.25, 0.3) is 5.91 Å². The average molecular weight is 475 g/mol. The maximum atomic E-state index is 12.9. The molecule has 0 bridgehead atoms. The molecule has 172 valence electrons. The summed E-state index contributed by atoms with van der Waals surface area (Å²) in [5.74, 6) is -1.52. The number of esters is 1. The summed E-state index contributed by atoms with van der Waals surface area (Å²) < 4.78 is 60.6. The molecular formula is C19H26N2O8S2. The molecule has 3 rings (SSSR count). The molecule has 2 saturated heterocycles. The molecular weight excluding hydrogens is 448 g/mol. The SMILES string of the molecule is COc1ccc(C(=O)O[C@@H](C)C(=O)N[C@@H]2CCS(=O)(=O)C2)cc1S(=O)(=O)N1CCCC1. The molecule has 10 nitrogen and oxygen atoms in total. The van der Waals surface area contributed by atoms with Gasteiger partial charge in [-0.1, -0.05) is 0 Å². The molecule has 2 fully saturated rings. The van der Waals surface area contributed by atoms with Crippen molar-refractivity contribution in [3.05, 3.63) is 23.8 Å². The first-order valence-electron chi connectivity index (χ1n) is 9.93. The first-order chi connectivity index (χ1) is 14.5. The molecule has 0 unspecified atom stereocenters. The van der Waals surface area contributed by atoms with Crippen molar-refractivity contribution >= 4 is 31.7 Å². The number of carbonyl (C=O) groups is 2. The number of methoxy groups -OCH3 is 1. The minimum absolute atomic E-state index is 0.00618. The number of benzene rings is 1. The molecule has 0 aliphatic carbocycles. The highest BCUT2D eigenvalue weighted by molar-refractivity contribution is 7.91. The zero-order valence-electron chi connectivity index (χ0n) is 17.4. The number of sulfone groups is 1. The highest BCUT2D eigenvalue weighted by atomic mass is 32.2. The lowest BCUT2D eigenvalue weighted by Gasteiger charge is -2.19. The zero-order valence-corrected chi connectivity index (χ0v) is 19.0. The first-order valence-corrected chi connectivity index (χ1v) is 13.2. The predicted octanol–water partition coefficient (Wildman–Crippen LogP) is 0.328. The molecule has 0 aromatic heterocycles. The fourth-order valence-corrected chi connectivity index (χ4v) is 6.95. The van der Waals surface area contributed by atoms with E-state index < -0.39 is 43.9 Å². The number of hydrogen-bond acceptors (Lipinski definition) is 8. The fourth-order valence-electron chi connectivity index (χ4n) is 3.58. The van der Waals surface area contributed by atoms with E-state index in [1.54, 1.807) is 0 Å². The van der Waals surface area contributed by atoms with Crippen molar-refractivity contribution in [2.75, 3.05) is 31.7 Å². The monoisotopic (exact) mass is 474 g/mol. The third kappa shape index (κ3) is 5.36. The largest absolute Gasteiger partial charge is 0.495 e. The number of rotatable bonds is 7. The van der Waals surface area contributed by atoms with E-state index in [1.165, 1.54) is 36.5 Å². The molecule has 31 heavy (non-hydrogen) atoms. The van der Waals surface area contributed by atoms with Crippen LogP contribution in [0, 0.1) is 0 Å². The Hall–Kier alpha value is -2.18. The van der Waals surface area contributed by atoms with Crippen LogP contribution in [0.3, 0.4) is 0 Å². The topological polar surface area (TPSA) is 136 Å². The van der Waals surface area contributed by atoms with Gasteiger partial charge in [-0.05, 0) is 44.4 Å². The second-order valence-electron chi connectivity index (χ2n) is 7.63. The number of hydrogen-bond donors (Lipinski definition) is 1. The van der Waals surface area contributed by atoms with E-state index in [4.69, 9.17) is 9.47 Å². The van der Waals surface area contributed by atoms with Gasteiger partial charge < -0.3 is 14.8 Å². The van der Waals surface area contributed by atoms with Gasteiger partial charge in [0.1, 0.15) is 10.6 Å². The minimum Gasteiger partial charge on any atom is -0.495 e. The Labute approximate surface area is 181 Å². The molecule has 2 aliphatic rings. The number of carbonyl (C=O) groups excluding carboxylic acids is 2. The lowest BCUT2D eigenvalue weighted by Crippen LogP contribution is -2.42. The quantitative estimate of drug-likeness (QED) is 0.558. The molecule has 12 heteroatoms. The molecule has 0 spiro atoms. The smallest absolute Gasteiger partial charge is 0.338 e. The van der Waals surface area contributed by atoms with E-state index in [0.29, 0.717) is 19.5 Å². The van der Waals surface area contributed by atoms with E-state index in [-0.39, 0.29) is 27.7 Å². The zero-order chi connectivity index (χ0) is 22.8. The Morgan fingerprint density at radius 2 is 1.90 bits per heavy atom. The lowest BCUT2D eigenvalue weighted by molar-refractivity contribution is -0.129. The van der Waals surface area contributed by atoms with Crippen LogP contribution in [0.5, 0.6) is 5.75 Å². The summed E-state index contributed by atoms with van der Waals surface area (Å²) in [5.41, 5.74) is -0.0401. The van der Waals surface area contributed by atoms with Gasteiger partial charge in [-0.25, -0.2) is 21.6 Å². The molecule has 0 radical (unpaired) electrons. The maximum Gasteiger partial charge on any atom is 0.338 e. The highest BCUT2D eigenvalue weighted by Crippen LogP contribution is 2.30. The van der Waals surface area contributed by atoms with Crippen LogP contribution in [0.2, 0.25) is 0 Å².